The van der Waals surface area contributed by atoms with E-state index in [4.69, 9.17) is 37.8 Å². The predicted molar refractivity (Wildman–Crippen MR) is 91.2 cm³/mol. The molecule has 0 aromatic heterocycles. The van der Waals surface area contributed by atoms with Gasteiger partial charge in [0.15, 0.2) is 12.2 Å². The molecule has 0 radical (unpaired) electrons. The molecule has 25 heavy (non-hydrogen) atoms. The summed E-state index contributed by atoms with van der Waals surface area (Å²) in [5.74, 6) is -3.54. The molecule has 0 bridgehead atoms. The first-order valence-electron chi connectivity index (χ1n) is 7.11. The molecule has 134 valence electrons. The van der Waals surface area contributed by atoms with Crippen LogP contribution in [0.5, 0.6) is 0 Å². The number of carbonyl (C=O) groups is 2. The molecule has 0 unspecified atom stereocenters. The van der Waals surface area contributed by atoms with E-state index >= 15 is 0 Å². The van der Waals surface area contributed by atoms with Crippen LogP contribution in [-0.4, -0.2) is 44.6 Å². The van der Waals surface area contributed by atoms with Gasteiger partial charge in [-0.15, -0.1) is 0 Å². The molecule has 8 heteroatoms. The van der Waals surface area contributed by atoms with Crippen molar-refractivity contribution in [3.05, 3.63) is 70.7 Å². The van der Waals surface area contributed by atoms with E-state index in [9.17, 15) is 9.59 Å². The highest BCUT2D eigenvalue weighted by Crippen LogP contribution is 2.20. The maximum absolute atomic E-state index is 9.77. The zero-order valence-corrected chi connectivity index (χ0v) is 13.7. The summed E-state index contributed by atoms with van der Waals surface area (Å²) in [6, 6.07) is 17.6. The molecule has 0 saturated carbocycles. The molecule has 0 aliphatic heterocycles. The second-order valence-electron chi connectivity index (χ2n) is 5.01. The number of aliphatic hydroxyl groups is 2. The van der Waals surface area contributed by atoms with Crippen molar-refractivity contribution in [3.8, 4) is 0 Å². The lowest BCUT2D eigenvalue weighted by Crippen LogP contribution is -2.39. The molecule has 6 N–H and O–H groups in total. The second-order valence-corrected chi connectivity index (χ2v) is 5.44. The monoisotopic (exact) mass is 367 g/mol. The van der Waals surface area contributed by atoms with Crippen LogP contribution in [0, 0.1) is 0 Å². The number of carboxylic acids is 2. The van der Waals surface area contributed by atoms with Crippen molar-refractivity contribution in [2.45, 2.75) is 18.2 Å². The zero-order valence-electron chi connectivity index (χ0n) is 13.0. The van der Waals surface area contributed by atoms with Crippen molar-refractivity contribution in [2.75, 3.05) is 0 Å². The number of rotatable bonds is 5. The van der Waals surface area contributed by atoms with Crippen molar-refractivity contribution >= 4 is 23.5 Å². The quantitative estimate of drug-likeness (QED) is 0.535. The molecule has 7 nitrogen and oxygen atoms in total. The molecule has 0 heterocycles. The first-order valence-corrected chi connectivity index (χ1v) is 7.49. The predicted octanol–water partition coefficient (Wildman–Crippen LogP) is 1.27. The number of aliphatic hydroxyl groups excluding tert-OH is 2. The van der Waals surface area contributed by atoms with Crippen molar-refractivity contribution < 1.29 is 30.0 Å². The van der Waals surface area contributed by atoms with E-state index in [1.807, 2.05) is 54.6 Å². The molecule has 3 atom stereocenters. The molecule has 0 aliphatic rings. The number of aliphatic carboxylic acids is 2. The smallest absolute Gasteiger partial charge is 0.335 e. The van der Waals surface area contributed by atoms with Gasteiger partial charge < -0.3 is 26.2 Å². The average molecular weight is 368 g/mol. The van der Waals surface area contributed by atoms with Gasteiger partial charge in [0.05, 0.1) is 6.04 Å². The third-order valence-corrected chi connectivity index (χ3v) is 3.44. The maximum atomic E-state index is 9.77. The highest BCUT2D eigenvalue weighted by molar-refractivity contribution is 6.30. The van der Waals surface area contributed by atoms with Gasteiger partial charge in [0.2, 0.25) is 0 Å². The van der Waals surface area contributed by atoms with E-state index in [2.05, 4.69) is 0 Å². The topological polar surface area (TPSA) is 141 Å². The van der Waals surface area contributed by atoms with Crippen molar-refractivity contribution in [1.29, 1.82) is 0 Å². The fraction of sp³-hybridized carbons (Fsp3) is 0.176. The number of carboxylic acid groups (broad SMARTS) is 2. The van der Waals surface area contributed by atoms with Crippen molar-refractivity contribution in [1.82, 2.24) is 0 Å². The van der Waals surface area contributed by atoms with Crippen LogP contribution in [0.1, 0.15) is 17.2 Å². The van der Waals surface area contributed by atoms with E-state index in [1.54, 1.807) is 0 Å². The van der Waals surface area contributed by atoms with E-state index < -0.39 is 24.1 Å². The molecule has 0 saturated heterocycles. The van der Waals surface area contributed by atoms with Crippen LogP contribution in [-0.2, 0) is 9.59 Å². The van der Waals surface area contributed by atoms with Crippen LogP contribution in [0.2, 0.25) is 5.02 Å². The summed E-state index contributed by atoms with van der Waals surface area (Å²) in [7, 11) is 0. The Balaban J connectivity index is 0.000000275. The summed E-state index contributed by atoms with van der Waals surface area (Å²) in [5.41, 5.74) is 8.31. The standard InChI is InChI=1S/C13H12ClN.C4H6O6/c14-12-8-6-11(7-9-12)13(15)10-4-2-1-3-5-10;5-1(3(7)8)2(6)4(9)10/h1-9,13H,15H2;1-2,5-6H,(H,7,8)(H,9,10)/t13-;1-,2-/m01/s1. The Hall–Kier alpha value is -2.45. The van der Waals surface area contributed by atoms with Gasteiger partial charge in [0.25, 0.3) is 0 Å². The summed E-state index contributed by atoms with van der Waals surface area (Å²) < 4.78 is 0. The molecule has 0 spiro atoms. The minimum Gasteiger partial charge on any atom is -0.479 e. The Morgan fingerprint density at radius 3 is 1.60 bits per heavy atom. The molecule has 0 amide bonds. The molecule has 2 aromatic rings. The Labute approximate surface area is 148 Å². The molecular weight excluding hydrogens is 350 g/mol. The van der Waals surface area contributed by atoms with Crippen LogP contribution in [0.4, 0.5) is 0 Å². The minimum absolute atomic E-state index is 0.0801. The molecule has 0 fully saturated rings. The largest absolute Gasteiger partial charge is 0.479 e. The zero-order chi connectivity index (χ0) is 19.0. The Kier molecular flexibility index (Phi) is 8.03. The third kappa shape index (κ3) is 6.52. The summed E-state index contributed by atoms with van der Waals surface area (Å²) in [5, 5.41) is 33.3. The lowest BCUT2D eigenvalue weighted by Gasteiger charge is -2.12. The number of hydrogen-bond donors (Lipinski definition) is 5. The summed E-state index contributed by atoms with van der Waals surface area (Å²) in [4.78, 5) is 19.5. The van der Waals surface area contributed by atoms with E-state index in [0.29, 0.717) is 0 Å². The molecule has 2 rings (SSSR count). The number of halogens is 1. The van der Waals surface area contributed by atoms with Gasteiger partial charge in [-0.05, 0) is 23.3 Å². The van der Waals surface area contributed by atoms with Crippen LogP contribution in [0.25, 0.3) is 0 Å². The van der Waals surface area contributed by atoms with Crippen LogP contribution < -0.4 is 5.73 Å². The Morgan fingerprint density at radius 2 is 1.20 bits per heavy atom. The van der Waals surface area contributed by atoms with Gasteiger partial charge in [-0.25, -0.2) is 9.59 Å². The van der Waals surface area contributed by atoms with Crippen LogP contribution in [0.3, 0.4) is 0 Å². The molecule has 2 aromatic carbocycles. The van der Waals surface area contributed by atoms with Crippen LogP contribution in [0.15, 0.2) is 54.6 Å². The Morgan fingerprint density at radius 1 is 0.800 bits per heavy atom. The minimum atomic E-state index is -2.27. The van der Waals surface area contributed by atoms with E-state index in [-0.39, 0.29) is 6.04 Å². The lowest BCUT2D eigenvalue weighted by molar-refractivity contribution is -0.165. The first-order chi connectivity index (χ1) is 11.7. The molecule has 0 aliphatic carbocycles. The first kappa shape index (κ1) is 20.6. The average Bonchev–Trinajstić information content (AvgIpc) is 2.61. The summed E-state index contributed by atoms with van der Waals surface area (Å²) >= 11 is 5.82. The SMILES string of the molecule is N[C@@H](c1ccccc1)c1ccc(Cl)cc1.O=C(O)[C@H](O)[C@@H](O)C(=O)O. The normalized spacial score (nSPS) is 13.8. The second kappa shape index (κ2) is 9.75. The van der Waals surface area contributed by atoms with Gasteiger partial charge in [-0.3, -0.25) is 0 Å². The van der Waals surface area contributed by atoms with Gasteiger partial charge in [-0.2, -0.15) is 0 Å². The van der Waals surface area contributed by atoms with Gasteiger partial charge in [0.1, 0.15) is 0 Å². The van der Waals surface area contributed by atoms with Crippen molar-refractivity contribution in [2.24, 2.45) is 5.73 Å². The van der Waals surface area contributed by atoms with E-state index in [0.717, 1.165) is 16.1 Å². The van der Waals surface area contributed by atoms with Crippen LogP contribution >= 0.6 is 11.6 Å². The fourth-order valence-electron chi connectivity index (χ4n) is 1.79. The lowest BCUT2D eigenvalue weighted by atomic mass is 10.00. The highest BCUT2D eigenvalue weighted by atomic mass is 35.5. The fourth-order valence-corrected chi connectivity index (χ4v) is 1.92. The third-order valence-electron chi connectivity index (χ3n) is 3.19. The number of nitrogens with two attached hydrogens (primary N) is 1. The van der Waals surface area contributed by atoms with Gasteiger partial charge >= 0.3 is 11.9 Å². The van der Waals surface area contributed by atoms with Crippen molar-refractivity contribution in [3.63, 3.8) is 0 Å². The molecular formula is C17H18ClNO6. The maximum Gasteiger partial charge on any atom is 0.335 e. The Bertz CT molecular complexity index is 674. The summed E-state index contributed by atoms with van der Waals surface area (Å²) in [6.07, 6.45) is -4.53. The summed E-state index contributed by atoms with van der Waals surface area (Å²) in [6.45, 7) is 0. The van der Waals surface area contributed by atoms with Gasteiger partial charge in [0, 0.05) is 5.02 Å². The highest BCUT2D eigenvalue weighted by Gasteiger charge is 2.29. The number of hydrogen-bond acceptors (Lipinski definition) is 5. The van der Waals surface area contributed by atoms with Gasteiger partial charge in [-0.1, -0.05) is 54.1 Å². The number of benzene rings is 2. The van der Waals surface area contributed by atoms with E-state index in [1.165, 1.54) is 0 Å².